The van der Waals surface area contributed by atoms with Gasteiger partial charge in [0.2, 0.25) is 0 Å². The third-order valence-electron chi connectivity index (χ3n) is 14.2. The fourth-order valence-corrected chi connectivity index (χ4v) is 10.6. The lowest BCUT2D eigenvalue weighted by Crippen LogP contribution is -2.14. The normalized spacial score (nSPS) is 12.6. The number of furan rings is 2. The SMILES string of the molecule is CC(C)(C)c1cccc(N(c2ccc3cc4c(cc3c2)-c2cc3ccc(N(c5cccc(C(C)(C)C)c5)c5cccc6c5oc5ccccc56)cc3cc2-4)c2cccc3c2oc2ccccc23)c1. The molecular formula is C64H50N2O2. The van der Waals surface area contributed by atoms with E-state index in [2.05, 4.69) is 233 Å². The lowest BCUT2D eigenvalue weighted by molar-refractivity contribution is 0.590. The molecule has 0 saturated carbocycles. The third kappa shape index (κ3) is 6.35. The third-order valence-corrected chi connectivity index (χ3v) is 14.2. The molecule has 0 N–H and O–H groups in total. The van der Waals surface area contributed by atoms with Crippen LogP contribution in [0.1, 0.15) is 52.7 Å². The van der Waals surface area contributed by atoms with Crippen LogP contribution < -0.4 is 9.80 Å². The van der Waals surface area contributed by atoms with Gasteiger partial charge in [0, 0.05) is 44.3 Å². The zero-order chi connectivity index (χ0) is 46.1. The molecule has 0 radical (unpaired) electrons. The Labute approximate surface area is 396 Å². The molecule has 2 heterocycles. The predicted molar refractivity (Wildman–Crippen MR) is 287 cm³/mol. The standard InChI is InChI=1S/C64H50N2O2/c1-63(2,3)43-15-11-17-45(37-43)65(57-23-13-21-51-49-19-7-9-25-59(49)67-61(51)57)47-29-27-39-33-53-55(35-41(39)31-47)54-34-40-28-30-48(32-42(40)36-56(53)54)66(46-18-12-16-44(38-46)64(4,5)6)58-24-14-22-52-50-20-8-10-26-60(50)68-62(52)58/h7-38H,1-6H3. The predicted octanol–water partition coefficient (Wildman–Crippen LogP) is 19.0. The van der Waals surface area contributed by atoms with E-state index in [1.807, 2.05) is 12.1 Å². The molecule has 10 aromatic carbocycles. The highest BCUT2D eigenvalue weighted by molar-refractivity contribution is 6.15. The molecule has 0 aliphatic heterocycles. The molecule has 4 nitrogen and oxygen atoms in total. The van der Waals surface area contributed by atoms with Crippen LogP contribution >= 0.6 is 0 Å². The summed E-state index contributed by atoms with van der Waals surface area (Å²) in [5, 5.41) is 9.28. The molecule has 4 heteroatoms. The van der Waals surface area contributed by atoms with E-state index < -0.39 is 0 Å². The smallest absolute Gasteiger partial charge is 0.159 e. The molecule has 0 unspecified atom stereocenters. The maximum absolute atomic E-state index is 6.67. The van der Waals surface area contributed by atoms with Gasteiger partial charge in [0.25, 0.3) is 0 Å². The molecule has 0 bridgehead atoms. The van der Waals surface area contributed by atoms with Crippen LogP contribution in [0.15, 0.2) is 203 Å². The van der Waals surface area contributed by atoms with E-state index in [0.717, 1.165) is 78.0 Å². The number of anilines is 6. The molecular weight excluding hydrogens is 829 g/mol. The highest BCUT2D eigenvalue weighted by atomic mass is 16.3. The maximum atomic E-state index is 6.67. The Morgan fingerprint density at radius 3 is 1.10 bits per heavy atom. The Morgan fingerprint density at radius 2 is 0.676 bits per heavy atom. The van der Waals surface area contributed by atoms with Crippen molar-refractivity contribution in [2.75, 3.05) is 9.80 Å². The molecule has 0 saturated heterocycles. The first-order valence-electron chi connectivity index (χ1n) is 23.7. The van der Waals surface area contributed by atoms with Crippen molar-refractivity contribution in [1.82, 2.24) is 0 Å². The Hall–Kier alpha value is -8.08. The van der Waals surface area contributed by atoms with Crippen LogP contribution in [0.5, 0.6) is 0 Å². The van der Waals surface area contributed by atoms with Gasteiger partial charge in [-0.1, -0.05) is 139 Å². The van der Waals surface area contributed by atoms with Gasteiger partial charge >= 0.3 is 0 Å². The highest BCUT2D eigenvalue weighted by Crippen LogP contribution is 2.52. The summed E-state index contributed by atoms with van der Waals surface area (Å²) in [6, 6.07) is 70.9. The summed E-state index contributed by atoms with van der Waals surface area (Å²) in [4.78, 5) is 4.74. The van der Waals surface area contributed by atoms with Crippen LogP contribution in [0, 0.1) is 0 Å². The van der Waals surface area contributed by atoms with Gasteiger partial charge in [0.05, 0.1) is 11.4 Å². The topological polar surface area (TPSA) is 32.8 Å². The van der Waals surface area contributed by atoms with Crippen molar-refractivity contribution in [3.05, 3.63) is 205 Å². The number of fused-ring (bicyclic) bond motifs is 12. The quantitative estimate of drug-likeness (QED) is 0.167. The lowest BCUT2D eigenvalue weighted by Gasteiger charge is -2.29. The zero-order valence-corrected chi connectivity index (χ0v) is 39.2. The number of nitrogens with zero attached hydrogens (tertiary/aromatic N) is 2. The van der Waals surface area contributed by atoms with Crippen LogP contribution in [-0.2, 0) is 10.8 Å². The number of para-hydroxylation sites is 4. The molecule has 0 spiro atoms. The second kappa shape index (κ2) is 14.7. The number of rotatable bonds is 6. The molecule has 1 aliphatic rings. The molecule has 0 atom stereocenters. The summed E-state index contributed by atoms with van der Waals surface area (Å²) in [6.45, 7) is 13.6. The van der Waals surface area contributed by atoms with Gasteiger partial charge in [-0.15, -0.1) is 0 Å². The summed E-state index contributed by atoms with van der Waals surface area (Å²) in [5.41, 5.74) is 17.6. The molecule has 1 aliphatic carbocycles. The highest BCUT2D eigenvalue weighted by Gasteiger charge is 2.27. The molecule has 12 aromatic rings. The van der Waals surface area contributed by atoms with Crippen molar-refractivity contribution in [1.29, 1.82) is 0 Å². The van der Waals surface area contributed by atoms with E-state index in [1.165, 1.54) is 54.9 Å². The van der Waals surface area contributed by atoms with E-state index in [0.29, 0.717) is 0 Å². The fourth-order valence-electron chi connectivity index (χ4n) is 10.6. The largest absolute Gasteiger partial charge is 0.454 e. The first kappa shape index (κ1) is 40.2. The minimum absolute atomic E-state index is 0.0145. The van der Waals surface area contributed by atoms with Crippen LogP contribution in [0.3, 0.4) is 0 Å². The first-order valence-corrected chi connectivity index (χ1v) is 23.7. The van der Waals surface area contributed by atoms with Gasteiger partial charge in [0.1, 0.15) is 11.2 Å². The Morgan fingerprint density at radius 1 is 0.309 bits per heavy atom. The van der Waals surface area contributed by atoms with Gasteiger partial charge < -0.3 is 18.6 Å². The molecule has 0 fully saturated rings. The van der Waals surface area contributed by atoms with Crippen molar-refractivity contribution < 1.29 is 8.83 Å². The van der Waals surface area contributed by atoms with Crippen LogP contribution in [0.4, 0.5) is 34.1 Å². The van der Waals surface area contributed by atoms with E-state index >= 15 is 0 Å². The average Bonchev–Trinajstić information content (AvgIpc) is 3.93. The Balaban J connectivity index is 0.923. The first-order chi connectivity index (χ1) is 32.9. The molecule has 13 rings (SSSR count). The van der Waals surface area contributed by atoms with Crippen LogP contribution in [-0.4, -0.2) is 0 Å². The molecule has 68 heavy (non-hydrogen) atoms. The molecule has 2 aromatic heterocycles. The summed E-state index contributed by atoms with van der Waals surface area (Å²) < 4.78 is 13.3. The van der Waals surface area contributed by atoms with Crippen molar-refractivity contribution in [2.24, 2.45) is 0 Å². The van der Waals surface area contributed by atoms with Crippen molar-refractivity contribution >= 4 is 99.5 Å². The van der Waals surface area contributed by atoms with Gasteiger partial charge in [-0.2, -0.15) is 0 Å². The lowest BCUT2D eigenvalue weighted by atomic mass is 9.78. The second-order valence-corrected chi connectivity index (χ2v) is 20.6. The minimum Gasteiger partial charge on any atom is -0.454 e. The average molecular weight is 879 g/mol. The van der Waals surface area contributed by atoms with E-state index in [-0.39, 0.29) is 10.8 Å². The molecule has 0 amide bonds. The van der Waals surface area contributed by atoms with Crippen LogP contribution in [0.2, 0.25) is 0 Å². The van der Waals surface area contributed by atoms with Crippen molar-refractivity contribution in [2.45, 2.75) is 52.4 Å². The monoisotopic (exact) mass is 878 g/mol. The fraction of sp³-hybridized carbons (Fsp3) is 0.125. The van der Waals surface area contributed by atoms with Gasteiger partial charge in [-0.3, -0.25) is 0 Å². The van der Waals surface area contributed by atoms with Gasteiger partial charge in [-0.05, 0) is 163 Å². The maximum Gasteiger partial charge on any atom is 0.159 e. The number of hydrogen-bond donors (Lipinski definition) is 0. The Kier molecular flexibility index (Phi) is 8.70. The van der Waals surface area contributed by atoms with Gasteiger partial charge in [0.15, 0.2) is 11.2 Å². The van der Waals surface area contributed by atoms with Gasteiger partial charge in [-0.25, -0.2) is 0 Å². The van der Waals surface area contributed by atoms with Crippen LogP contribution in [0.25, 0.3) is 87.7 Å². The van der Waals surface area contributed by atoms with E-state index in [9.17, 15) is 0 Å². The summed E-state index contributed by atoms with van der Waals surface area (Å²) in [5.74, 6) is 0. The number of benzene rings is 10. The second-order valence-electron chi connectivity index (χ2n) is 20.6. The van der Waals surface area contributed by atoms with Crippen molar-refractivity contribution in [3.8, 4) is 22.3 Å². The summed E-state index contributed by atoms with van der Waals surface area (Å²) in [6.07, 6.45) is 0. The molecule has 328 valence electrons. The van der Waals surface area contributed by atoms with Crippen molar-refractivity contribution in [3.63, 3.8) is 0 Å². The minimum atomic E-state index is -0.0145. The Bertz CT molecular complexity index is 3750. The summed E-state index contributed by atoms with van der Waals surface area (Å²) in [7, 11) is 0. The zero-order valence-electron chi connectivity index (χ0n) is 39.2. The number of hydrogen-bond acceptors (Lipinski definition) is 4. The summed E-state index contributed by atoms with van der Waals surface area (Å²) >= 11 is 0. The van der Waals surface area contributed by atoms with E-state index in [1.54, 1.807) is 0 Å². The van der Waals surface area contributed by atoms with E-state index in [4.69, 9.17) is 8.83 Å².